The van der Waals surface area contributed by atoms with Gasteiger partial charge in [0.15, 0.2) is 4.67 Å². The van der Waals surface area contributed by atoms with Gasteiger partial charge in [-0.05, 0) is 28.1 Å². The summed E-state index contributed by atoms with van der Waals surface area (Å²) in [7, 11) is 1.41. The van der Waals surface area contributed by atoms with Gasteiger partial charge in [-0.2, -0.15) is 11.8 Å². The lowest BCUT2D eigenvalue weighted by Gasteiger charge is -2.07. The summed E-state index contributed by atoms with van der Waals surface area (Å²) in [6.07, 6.45) is 0.434. The fraction of sp³-hybridized carbons (Fsp3) is 0.500. The van der Waals surface area contributed by atoms with Gasteiger partial charge < -0.3 is 9.15 Å². The lowest BCUT2D eigenvalue weighted by atomic mass is 10.3. The maximum atomic E-state index is 11.0. The van der Waals surface area contributed by atoms with Crippen LogP contribution in [-0.4, -0.2) is 18.3 Å². The minimum atomic E-state index is -0.171. The highest BCUT2D eigenvalue weighted by atomic mass is 79.9. The number of furan rings is 1. The van der Waals surface area contributed by atoms with Crippen molar-refractivity contribution in [3.8, 4) is 0 Å². The van der Waals surface area contributed by atoms with Crippen molar-refractivity contribution < 1.29 is 13.9 Å². The van der Waals surface area contributed by atoms with Crippen molar-refractivity contribution in [1.82, 2.24) is 0 Å². The first-order valence-corrected chi connectivity index (χ1v) is 6.38. The average molecular weight is 293 g/mol. The van der Waals surface area contributed by atoms with E-state index in [1.165, 1.54) is 7.11 Å². The largest absolute Gasteiger partial charge is 0.469 e. The lowest BCUT2D eigenvalue weighted by molar-refractivity contribution is -0.140. The van der Waals surface area contributed by atoms with Crippen molar-refractivity contribution in [3.63, 3.8) is 0 Å². The zero-order chi connectivity index (χ0) is 11.3. The highest BCUT2D eigenvalue weighted by Crippen LogP contribution is 2.23. The molecule has 1 aromatic heterocycles. The van der Waals surface area contributed by atoms with E-state index in [0.29, 0.717) is 6.42 Å². The van der Waals surface area contributed by atoms with Crippen LogP contribution >= 0.6 is 27.7 Å². The highest BCUT2D eigenvalue weighted by molar-refractivity contribution is 9.10. The van der Waals surface area contributed by atoms with E-state index in [2.05, 4.69) is 20.7 Å². The Labute approximate surface area is 102 Å². The third-order valence-electron chi connectivity index (χ3n) is 1.82. The number of methoxy groups -OCH3 is 1. The number of hydrogen-bond donors (Lipinski definition) is 0. The van der Waals surface area contributed by atoms with E-state index in [4.69, 9.17) is 4.42 Å². The smallest absolute Gasteiger partial charge is 0.306 e. The summed E-state index contributed by atoms with van der Waals surface area (Å²) in [4.78, 5) is 11.0. The van der Waals surface area contributed by atoms with Crippen LogP contribution in [0.4, 0.5) is 0 Å². The van der Waals surface area contributed by atoms with Gasteiger partial charge >= 0.3 is 5.97 Å². The number of thioether (sulfide) groups is 1. The molecule has 0 aromatic carbocycles. The molecule has 1 rings (SSSR count). The number of rotatable bonds is 5. The lowest BCUT2D eigenvalue weighted by Crippen LogP contribution is -2.08. The number of ether oxygens (including phenoxy) is 1. The van der Waals surface area contributed by atoms with Crippen LogP contribution in [0.2, 0.25) is 0 Å². The first-order chi connectivity index (χ1) is 7.11. The third kappa shape index (κ3) is 4.75. The normalized spacial score (nSPS) is 12.5. The number of carbonyl (C=O) groups is 1. The minimum Gasteiger partial charge on any atom is -0.469 e. The molecule has 1 heterocycles. The average Bonchev–Trinajstić information content (AvgIpc) is 2.61. The van der Waals surface area contributed by atoms with Gasteiger partial charge in [0.05, 0.1) is 19.3 Å². The Hall–Kier alpha value is -0.420. The minimum absolute atomic E-state index is 0.171. The molecule has 0 saturated heterocycles. The van der Waals surface area contributed by atoms with Crippen LogP contribution in [0.1, 0.15) is 19.1 Å². The van der Waals surface area contributed by atoms with Crippen LogP contribution in [0.5, 0.6) is 0 Å². The molecule has 15 heavy (non-hydrogen) atoms. The van der Waals surface area contributed by atoms with Crippen molar-refractivity contribution in [2.24, 2.45) is 0 Å². The summed E-state index contributed by atoms with van der Waals surface area (Å²) in [5.74, 6) is 1.50. The number of carbonyl (C=O) groups excluding carboxylic acids is 1. The Morgan fingerprint density at radius 2 is 2.40 bits per heavy atom. The fourth-order valence-electron chi connectivity index (χ4n) is 1.03. The second-order valence-electron chi connectivity index (χ2n) is 3.11. The van der Waals surface area contributed by atoms with E-state index in [1.54, 1.807) is 11.8 Å². The molecule has 0 fully saturated rings. The second kappa shape index (κ2) is 6.23. The molecule has 1 aromatic rings. The molecule has 0 radical (unpaired) electrons. The molecule has 0 aliphatic rings. The Kier molecular flexibility index (Phi) is 5.25. The van der Waals surface area contributed by atoms with E-state index in [9.17, 15) is 4.79 Å². The van der Waals surface area contributed by atoms with Gasteiger partial charge in [0, 0.05) is 5.25 Å². The number of hydrogen-bond acceptors (Lipinski definition) is 4. The first-order valence-electron chi connectivity index (χ1n) is 4.54. The maximum absolute atomic E-state index is 11.0. The molecule has 0 spiro atoms. The fourth-order valence-corrected chi connectivity index (χ4v) is 2.23. The van der Waals surface area contributed by atoms with E-state index < -0.39 is 0 Å². The van der Waals surface area contributed by atoms with E-state index in [0.717, 1.165) is 16.2 Å². The molecule has 0 saturated carbocycles. The molecule has 0 N–H and O–H groups in total. The molecular formula is C10H13BrO3S. The topological polar surface area (TPSA) is 39.4 Å². The predicted molar refractivity (Wildman–Crippen MR) is 63.8 cm³/mol. The zero-order valence-electron chi connectivity index (χ0n) is 8.66. The monoisotopic (exact) mass is 292 g/mol. The van der Waals surface area contributed by atoms with Gasteiger partial charge in [-0.25, -0.2) is 0 Å². The summed E-state index contributed by atoms with van der Waals surface area (Å²) in [6.45, 7) is 2.00. The molecule has 3 nitrogen and oxygen atoms in total. The maximum Gasteiger partial charge on any atom is 0.306 e. The zero-order valence-corrected chi connectivity index (χ0v) is 11.1. The van der Waals surface area contributed by atoms with Crippen LogP contribution in [-0.2, 0) is 15.3 Å². The van der Waals surface area contributed by atoms with Crippen LogP contribution in [0, 0.1) is 0 Å². The Bertz CT molecular complexity index is 324. The SMILES string of the molecule is COC(=O)CC(C)SCc1ccc(Br)o1. The van der Waals surface area contributed by atoms with Crippen LogP contribution in [0.3, 0.4) is 0 Å². The van der Waals surface area contributed by atoms with Gasteiger partial charge in [-0.3, -0.25) is 4.79 Å². The molecular weight excluding hydrogens is 280 g/mol. The Balaban J connectivity index is 2.28. The summed E-state index contributed by atoms with van der Waals surface area (Å²) in [5, 5.41) is 0.237. The summed E-state index contributed by atoms with van der Waals surface area (Å²) in [6, 6.07) is 3.78. The van der Waals surface area contributed by atoms with Crippen molar-refractivity contribution >= 4 is 33.7 Å². The first kappa shape index (κ1) is 12.6. The molecule has 1 unspecified atom stereocenters. The Morgan fingerprint density at radius 1 is 1.67 bits per heavy atom. The third-order valence-corrected chi connectivity index (χ3v) is 3.43. The molecule has 1 atom stereocenters. The van der Waals surface area contributed by atoms with Gasteiger partial charge in [0.25, 0.3) is 0 Å². The van der Waals surface area contributed by atoms with Gasteiger partial charge in [0.1, 0.15) is 5.76 Å². The van der Waals surface area contributed by atoms with Crippen LogP contribution < -0.4 is 0 Å². The highest BCUT2D eigenvalue weighted by Gasteiger charge is 2.10. The number of halogens is 1. The van der Waals surface area contributed by atoms with Gasteiger partial charge in [0.2, 0.25) is 0 Å². The predicted octanol–water partition coefficient (Wildman–Crippen LogP) is 3.23. The molecule has 0 bridgehead atoms. The standard InChI is InChI=1S/C10H13BrO3S/c1-7(5-10(12)13-2)15-6-8-3-4-9(11)14-8/h3-4,7H,5-6H2,1-2H3. The van der Waals surface area contributed by atoms with Crippen molar-refractivity contribution in [3.05, 3.63) is 22.6 Å². The van der Waals surface area contributed by atoms with Gasteiger partial charge in [-0.15, -0.1) is 0 Å². The summed E-state index contributed by atoms with van der Waals surface area (Å²) >= 11 is 4.91. The van der Waals surface area contributed by atoms with Crippen molar-refractivity contribution in [1.29, 1.82) is 0 Å². The molecule has 5 heteroatoms. The van der Waals surface area contributed by atoms with Crippen molar-refractivity contribution in [2.75, 3.05) is 7.11 Å². The molecule has 84 valence electrons. The van der Waals surface area contributed by atoms with E-state index >= 15 is 0 Å². The molecule has 0 aliphatic carbocycles. The number of esters is 1. The van der Waals surface area contributed by atoms with Crippen LogP contribution in [0.25, 0.3) is 0 Å². The van der Waals surface area contributed by atoms with E-state index in [-0.39, 0.29) is 11.2 Å². The van der Waals surface area contributed by atoms with Crippen LogP contribution in [0.15, 0.2) is 21.2 Å². The van der Waals surface area contributed by atoms with Crippen molar-refractivity contribution in [2.45, 2.75) is 24.3 Å². The summed E-state index contributed by atoms with van der Waals surface area (Å²) in [5.41, 5.74) is 0. The quantitative estimate of drug-likeness (QED) is 0.781. The molecule has 0 amide bonds. The van der Waals surface area contributed by atoms with E-state index in [1.807, 2.05) is 19.1 Å². The van der Waals surface area contributed by atoms with Gasteiger partial charge in [-0.1, -0.05) is 6.92 Å². The second-order valence-corrected chi connectivity index (χ2v) is 5.32. The summed E-state index contributed by atoms with van der Waals surface area (Å²) < 4.78 is 10.7. The molecule has 0 aliphatic heterocycles. The Morgan fingerprint density at radius 3 is 2.93 bits per heavy atom.